The SMILES string of the molecule is N#Cc1ccc(-c2cc(C(=O)N3CCCC[C@@H](N)C3)nn2-c2ccc(N3CCCCC3)cc2F)cc1F. The van der Waals surface area contributed by atoms with Crippen molar-refractivity contribution < 1.29 is 13.6 Å². The maximum atomic E-state index is 15.5. The van der Waals surface area contributed by atoms with Crippen LogP contribution in [-0.2, 0) is 0 Å². The quantitative estimate of drug-likeness (QED) is 0.559. The fourth-order valence-electron chi connectivity index (χ4n) is 5.18. The van der Waals surface area contributed by atoms with Crippen LogP contribution < -0.4 is 10.6 Å². The van der Waals surface area contributed by atoms with E-state index in [2.05, 4.69) is 10.00 Å². The highest BCUT2D eigenvalue weighted by atomic mass is 19.1. The zero-order valence-electron chi connectivity index (χ0n) is 20.7. The average Bonchev–Trinajstić information content (AvgIpc) is 3.23. The van der Waals surface area contributed by atoms with E-state index in [4.69, 9.17) is 11.0 Å². The minimum Gasteiger partial charge on any atom is -0.371 e. The van der Waals surface area contributed by atoms with Crippen molar-refractivity contribution >= 4 is 11.6 Å². The van der Waals surface area contributed by atoms with E-state index in [9.17, 15) is 9.18 Å². The number of anilines is 1. The maximum Gasteiger partial charge on any atom is 0.274 e. The van der Waals surface area contributed by atoms with Crippen LogP contribution >= 0.6 is 0 Å². The molecule has 37 heavy (non-hydrogen) atoms. The van der Waals surface area contributed by atoms with Gasteiger partial charge in [-0.3, -0.25) is 4.79 Å². The number of nitriles is 1. The summed E-state index contributed by atoms with van der Waals surface area (Å²) in [6.45, 7) is 2.75. The third-order valence-corrected chi connectivity index (χ3v) is 7.19. The summed E-state index contributed by atoms with van der Waals surface area (Å²) in [4.78, 5) is 17.3. The Morgan fingerprint density at radius 3 is 2.49 bits per heavy atom. The van der Waals surface area contributed by atoms with E-state index in [1.807, 2.05) is 12.1 Å². The largest absolute Gasteiger partial charge is 0.371 e. The standard InChI is InChI=1S/C28H30F2N6O/c29-23-14-19(7-8-20(23)17-31)27-16-25(28(37)35-13-5-2-6-21(32)18-35)33-36(27)26-10-9-22(15-24(26)30)34-11-3-1-4-12-34/h7-10,14-16,21H,1-6,11-13,18,32H2/t21-/m1/s1. The predicted octanol–water partition coefficient (Wildman–Crippen LogP) is 4.63. The Kier molecular flexibility index (Phi) is 7.19. The first-order valence-corrected chi connectivity index (χ1v) is 12.8. The minimum absolute atomic E-state index is 0.0956. The molecule has 1 aromatic heterocycles. The molecule has 9 heteroatoms. The number of piperidine rings is 1. The molecule has 192 valence electrons. The van der Waals surface area contributed by atoms with Crippen LogP contribution in [0.3, 0.4) is 0 Å². The maximum absolute atomic E-state index is 15.5. The number of carbonyl (C=O) groups excluding carboxylic acids is 1. The number of nitrogens with zero attached hydrogens (tertiary/aromatic N) is 5. The molecule has 1 atom stereocenters. The van der Waals surface area contributed by atoms with Gasteiger partial charge in [-0.05, 0) is 68.5 Å². The molecule has 0 radical (unpaired) electrons. The lowest BCUT2D eigenvalue weighted by molar-refractivity contribution is 0.0748. The molecule has 1 amide bonds. The number of aromatic nitrogens is 2. The van der Waals surface area contributed by atoms with Crippen molar-refractivity contribution in [2.45, 2.75) is 44.6 Å². The average molecular weight is 505 g/mol. The summed E-state index contributed by atoms with van der Waals surface area (Å²) in [6.07, 6.45) is 5.96. The molecule has 7 nitrogen and oxygen atoms in total. The summed E-state index contributed by atoms with van der Waals surface area (Å²) >= 11 is 0. The van der Waals surface area contributed by atoms with Crippen LogP contribution in [0.15, 0.2) is 42.5 Å². The first-order chi connectivity index (χ1) is 17.9. The molecule has 0 saturated carbocycles. The smallest absolute Gasteiger partial charge is 0.274 e. The molecule has 0 bridgehead atoms. The number of hydrogen-bond donors (Lipinski definition) is 1. The van der Waals surface area contributed by atoms with Gasteiger partial charge in [-0.25, -0.2) is 13.5 Å². The van der Waals surface area contributed by atoms with E-state index in [0.717, 1.165) is 50.9 Å². The number of likely N-dealkylation sites (tertiary alicyclic amines) is 1. The molecular formula is C28H30F2N6O. The van der Waals surface area contributed by atoms with E-state index in [-0.39, 0.29) is 28.9 Å². The molecule has 0 aliphatic carbocycles. The Balaban J connectivity index is 1.56. The van der Waals surface area contributed by atoms with Gasteiger partial charge in [0.2, 0.25) is 0 Å². The lowest BCUT2D eigenvalue weighted by Crippen LogP contribution is -2.39. The second kappa shape index (κ2) is 10.7. The van der Waals surface area contributed by atoms with Gasteiger partial charge in [-0.1, -0.05) is 12.5 Å². The Labute approximate surface area is 215 Å². The lowest BCUT2D eigenvalue weighted by atomic mass is 10.1. The summed E-state index contributed by atoms with van der Waals surface area (Å²) in [6, 6.07) is 12.4. The van der Waals surface area contributed by atoms with E-state index < -0.39 is 11.6 Å². The number of amides is 1. The number of rotatable bonds is 4. The summed E-state index contributed by atoms with van der Waals surface area (Å²) in [7, 11) is 0. The van der Waals surface area contributed by atoms with Gasteiger partial charge in [-0.15, -0.1) is 0 Å². The highest BCUT2D eigenvalue weighted by Gasteiger charge is 2.26. The third-order valence-electron chi connectivity index (χ3n) is 7.19. The highest BCUT2D eigenvalue weighted by Crippen LogP contribution is 2.30. The molecule has 2 fully saturated rings. The third kappa shape index (κ3) is 5.20. The number of nitrogens with two attached hydrogens (primary N) is 1. The van der Waals surface area contributed by atoms with Gasteiger partial charge < -0.3 is 15.5 Å². The van der Waals surface area contributed by atoms with Gasteiger partial charge in [0, 0.05) is 43.5 Å². The number of benzene rings is 2. The second-order valence-electron chi connectivity index (χ2n) is 9.82. The van der Waals surface area contributed by atoms with E-state index >= 15 is 4.39 Å². The second-order valence-corrected chi connectivity index (χ2v) is 9.82. The Bertz CT molecular complexity index is 1340. The van der Waals surface area contributed by atoms with Gasteiger partial charge in [0.1, 0.15) is 17.6 Å². The van der Waals surface area contributed by atoms with Crippen molar-refractivity contribution in [1.82, 2.24) is 14.7 Å². The van der Waals surface area contributed by atoms with Gasteiger partial charge in [0.15, 0.2) is 11.5 Å². The molecule has 5 rings (SSSR count). The Morgan fingerprint density at radius 1 is 0.973 bits per heavy atom. The van der Waals surface area contributed by atoms with Crippen molar-refractivity contribution in [2.75, 3.05) is 31.1 Å². The molecular weight excluding hydrogens is 474 g/mol. The van der Waals surface area contributed by atoms with Crippen LogP contribution in [0.5, 0.6) is 0 Å². The molecule has 3 heterocycles. The van der Waals surface area contributed by atoms with Crippen molar-refractivity contribution in [3.8, 4) is 23.0 Å². The van der Waals surface area contributed by atoms with Gasteiger partial charge in [-0.2, -0.15) is 10.4 Å². The number of carbonyl (C=O) groups is 1. The minimum atomic E-state index is -0.694. The summed E-state index contributed by atoms with van der Waals surface area (Å²) in [5.74, 6) is -1.48. The fourth-order valence-corrected chi connectivity index (χ4v) is 5.18. The molecule has 0 unspecified atom stereocenters. The van der Waals surface area contributed by atoms with Crippen molar-refractivity contribution in [2.24, 2.45) is 5.73 Å². The topological polar surface area (TPSA) is 91.2 Å². The molecule has 2 aromatic carbocycles. The Morgan fingerprint density at radius 2 is 1.76 bits per heavy atom. The predicted molar refractivity (Wildman–Crippen MR) is 137 cm³/mol. The molecule has 2 aliphatic heterocycles. The van der Waals surface area contributed by atoms with E-state index in [1.54, 1.807) is 23.1 Å². The van der Waals surface area contributed by atoms with Crippen molar-refractivity contribution in [3.63, 3.8) is 0 Å². The van der Waals surface area contributed by atoms with Gasteiger partial charge >= 0.3 is 0 Å². The van der Waals surface area contributed by atoms with Gasteiger partial charge in [0.05, 0.1) is 11.3 Å². The first kappa shape index (κ1) is 24.9. The summed E-state index contributed by atoms with van der Waals surface area (Å²) in [5.41, 5.74) is 7.89. The Hall–Kier alpha value is -3.77. The molecule has 0 spiro atoms. The number of hydrogen-bond acceptors (Lipinski definition) is 5. The van der Waals surface area contributed by atoms with Crippen LogP contribution in [0, 0.1) is 23.0 Å². The van der Waals surface area contributed by atoms with Gasteiger partial charge in [0.25, 0.3) is 5.91 Å². The summed E-state index contributed by atoms with van der Waals surface area (Å²) in [5, 5.41) is 13.6. The normalized spacial score (nSPS) is 18.4. The highest BCUT2D eigenvalue weighted by molar-refractivity contribution is 5.93. The first-order valence-electron chi connectivity index (χ1n) is 12.8. The van der Waals surface area contributed by atoms with Crippen LogP contribution in [0.2, 0.25) is 0 Å². The number of halogens is 2. The lowest BCUT2D eigenvalue weighted by Gasteiger charge is -2.29. The van der Waals surface area contributed by atoms with Crippen LogP contribution in [0.4, 0.5) is 14.5 Å². The zero-order valence-corrected chi connectivity index (χ0v) is 20.7. The van der Waals surface area contributed by atoms with E-state index in [0.29, 0.717) is 24.3 Å². The zero-order chi connectivity index (χ0) is 25.9. The monoisotopic (exact) mass is 504 g/mol. The van der Waals surface area contributed by atoms with Crippen LogP contribution in [0.1, 0.15) is 54.6 Å². The molecule has 2 N–H and O–H groups in total. The van der Waals surface area contributed by atoms with Crippen molar-refractivity contribution in [3.05, 3.63) is 65.4 Å². The molecule has 2 saturated heterocycles. The summed E-state index contributed by atoms with van der Waals surface area (Å²) < 4.78 is 31.4. The van der Waals surface area contributed by atoms with Crippen LogP contribution in [-0.4, -0.2) is 52.8 Å². The van der Waals surface area contributed by atoms with E-state index in [1.165, 1.54) is 29.3 Å². The van der Waals surface area contributed by atoms with Crippen LogP contribution in [0.25, 0.3) is 16.9 Å². The van der Waals surface area contributed by atoms with Crippen molar-refractivity contribution in [1.29, 1.82) is 5.26 Å². The molecule has 3 aromatic rings. The molecule has 2 aliphatic rings. The fraction of sp³-hybridized carbons (Fsp3) is 0.393.